The highest BCUT2D eigenvalue weighted by Gasteiger charge is 2.34. The van der Waals surface area contributed by atoms with E-state index in [0.29, 0.717) is 5.41 Å². The molecule has 0 heterocycles. The van der Waals surface area contributed by atoms with Gasteiger partial charge in [-0.25, -0.2) is 0 Å². The van der Waals surface area contributed by atoms with Gasteiger partial charge < -0.3 is 5.73 Å². The molecule has 122 valence electrons. The van der Waals surface area contributed by atoms with Gasteiger partial charge in [0, 0.05) is 5.69 Å². The third-order valence-electron chi connectivity index (χ3n) is 5.87. The second kappa shape index (κ2) is 6.78. The van der Waals surface area contributed by atoms with E-state index in [1.165, 1.54) is 49.7 Å². The Morgan fingerprint density at radius 2 is 1.74 bits per heavy atom. The molecule has 0 bridgehead atoms. The summed E-state index contributed by atoms with van der Waals surface area (Å²) in [6.45, 7) is 4.56. The number of hydrogen-bond donors (Lipinski definition) is 1. The van der Waals surface area contributed by atoms with Gasteiger partial charge in [-0.05, 0) is 73.6 Å². The van der Waals surface area contributed by atoms with Gasteiger partial charge in [-0.15, -0.1) is 0 Å². The largest absolute Gasteiger partial charge is 0.399 e. The predicted molar refractivity (Wildman–Crippen MR) is 99.7 cm³/mol. The molecule has 2 N–H and O–H groups in total. The lowest BCUT2D eigenvalue weighted by atomic mass is 9.65. The normalized spacial score (nSPS) is 24.5. The molecule has 0 spiro atoms. The highest BCUT2D eigenvalue weighted by atomic mass is 14.5. The monoisotopic (exact) mass is 307 g/mol. The lowest BCUT2D eigenvalue weighted by molar-refractivity contribution is 0.165. The van der Waals surface area contributed by atoms with Gasteiger partial charge >= 0.3 is 0 Å². The van der Waals surface area contributed by atoms with Crippen molar-refractivity contribution in [1.82, 2.24) is 0 Å². The number of aryl methyl sites for hydroxylation is 1. The molecule has 1 heteroatoms. The minimum atomic E-state index is 0.483. The maximum absolute atomic E-state index is 5.82. The lowest BCUT2D eigenvalue weighted by Crippen LogP contribution is -2.28. The molecule has 0 amide bonds. The van der Waals surface area contributed by atoms with Crippen molar-refractivity contribution in [2.24, 2.45) is 5.41 Å². The Bertz CT molecular complexity index is 633. The molecule has 1 aliphatic rings. The van der Waals surface area contributed by atoms with Crippen LogP contribution in [0.2, 0.25) is 0 Å². The predicted octanol–water partition coefficient (Wildman–Crippen LogP) is 5.87. The number of hydrogen-bond acceptors (Lipinski definition) is 1. The molecule has 0 aromatic heterocycles. The van der Waals surface area contributed by atoms with E-state index in [2.05, 4.69) is 50.2 Å². The Morgan fingerprint density at radius 1 is 1.04 bits per heavy atom. The molecule has 0 unspecified atom stereocenters. The molecule has 1 fully saturated rings. The summed E-state index contributed by atoms with van der Waals surface area (Å²) in [5.74, 6) is 0.751. The van der Waals surface area contributed by atoms with Crippen LogP contribution in [0.3, 0.4) is 0 Å². The number of anilines is 1. The standard InChI is InChI=1S/C22H29N/c1-3-22(16-18-7-9-21(23)10-8-18)13-11-19(12-14-22)20-6-4-5-17(2)15-20/h4-10,15,19H,3,11-14,16,23H2,1-2H3. The molecule has 1 saturated carbocycles. The molecule has 1 nitrogen and oxygen atoms in total. The molecule has 2 aromatic rings. The topological polar surface area (TPSA) is 26.0 Å². The SMILES string of the molecule is CCC1(Cc2ccc(N)cc2)CCC(c2cccc(C)c2)CC1. The van der Waals surface area contributed by atoms with Crippen LogP contribution in [0.4, 0.5) is 5.69 Å². The molecular formula is C22H29N. The van der Waals surface area contributed by atoms with E-state index in [-0.39, 0.29) is 0 Å². The van der Waals surface area contributed by atoms with Crippen molar-refractivity contribution in [3.8, 4) is 0 Å². The summed E-state index contributed by atoms with van der Waals surface area (Å²) >= 11 is 0. The van der Waals surface area contributed by atoms with Crippen molar-refractivity contribution in [1.29, 1.82) is 0 Å². The molecule has 0 atom stereocenters. The molecule has 0 radical (unpaired) electrons. The third-order valence-corrected chi connectivity index (χ3v) is 5.87. The Balaban J connectivity index is 1.68. The molecule has 23 heavy (non-hydrogen) atoms. The van der Waals surface area contributed by atoms with Crippen molar-refractivity contribution in [3.05, 3.63) is 65.2 Å². The fourth-order valence-corrected chi connectivity index (χ4v) is 4.21. The summed E-state index contributed by atoms with van der Waals surface area (Å²) in [7, 11) is 0. The molecular weight excluding hydrogens is 278 g/mol. The smallest absolute Gasteiger partial charge is 0.0314 e. The molecule has 0 saturated heterocycles. The van der Waals surface area contributed by atoms with E-state index in [4.69, 9.17) is 5.73 Å². The third kappa shape index (κ3) is 3.77. The summed E-state index contributed by atoms with van der Waals surface area (Å²) in [5.41, 5.74) is 11.5. The fraction of sp³-hybridized carbons (Fsp3) is 0.455. The summed E-state index contributed by atoms with van der Waals surface area (Å²) in [5, 5.41) is 0. The van der Waals surface area contributed by atoms with Gasteiger partial charge in [0.2, 0.25) is 0 Å². The van der Waals surface area contributed by atoms with Gasteiger partial charge in [-0.1, -0.05) is 55.3 Å². The maximum atomic E-state index is 5.82. The van der Waals surface area contributed by atoms with Gasteiger partial charge in [0.25, 0.3) is 0 Å². The fourth-order valence-electron chi connectivity index (χ4n) is 4.21. The first-order valence-corrected chi connectivity index (χ1v) is 9.01. The van der Waals surface area contributed by atoms with Crippen LogP contribution in [0.15, 0.2) is 48.5 Å². The van der Waals surface area contributed by atoms with Crippen molar-refractivity contribution >= 4 is 5.69 Å². The van der Waals surface area contributed by atoms with Crippen LogP contribution in [-0.4, -0.2) is 0 Å². The average Bonchev–Trinajstić information content (AvgIpc) is 2.58. The van der Waals surface area contributed by atoms with Gasteiger partial charge in [0.15, 0.2) is 0 Å². The second-order valence-corrected chi connectivity index (χ2v) is 7.46. The van der Waals surface area contributed by atoms with Crippen molar-refractivity contribution in [3.63, 3.8) is 0 Å². The Morgan fingerprint density at radius 3 is 2.35 bits per heavy atom. The van der Waals surface area contributed by atoms with Crippen LogP contribution in [0.1, 0.15) is 61.6 Å². The number of nitrogens with two attached hydrogens (primary N) is 1. The minimum absolute atomic E-state index is 0.483. The molecule has 0 aliphatic heterocycles. The van der Waals surface area contributed by atoms with Gasteiger partial charge in [-0.3, -0.25) is 0 Å². The van der Waals surface area contributed by atoms with Crippen LogP contribution >= 0.6 is 0 Å². The van der Waals surface area contributed by atoms with E-state index in [0.717, 1.165) is 11.6 Å². The maximum Gasteiger partial charge on any atom is 0.0314 e. The van der Waals surface area contributed by atoms with Crippen LogP contribution in [0.25, 0.3) is 0 Å². The Hall–Kier alpha value is -1.76. The molecule has 2 aromatic carbocycles. The first-order chi connectivity index (χ1) is 11.1. The zero-order valence-electron chi connectivity index (χ0n) is 14.5. The van der Waals surface area contributed by atoms with Crippen molar-refractivity contribution in [2.75, 3.05) is 5.73 Å². The van der Waals surface area contributed by atoms with E-state index < -0.39 is 0 Å². The van der Waals surface area contributed by atoms with Crippen LogP contribution in [0, 0.1) is 12.3 Å². The number of nitrogen functional groups attached to an aromatic ring is 1. The van der Waals surface area contributed by atoms with Gasteiger partial charge in [0.05, 0.1) is 0 Å². The summed E-state index contributed by atoms with van der Waals surface area (Å²) in [6, 6.07) is 17.6. The van der Waals surface area contributed by atoms with Crippen molar-refractivity contribution < 1.29 is 0 Å². The highest BCUT2D eigenvalue weighted by Crippen LogP contribution is 2.47. The van der Waals surface area contributed by atoms with Gasteiger partial charge in [0.1, 0.15) is 0 Å². The average molecular weight is 307 g/mol. The van der Waals surface area contributed by atoms with E-state index in [1.54, 1.807) is 5.56 Å². The quantitative estimate of drug-likeness (QED) is 0.702. The zero-order valence-corrected chi connectivity index (χ0v) is 14.5. The number of benzene rings is 2. The summed E-state index contributed by atoms with van der Waals surface area (Å²) in [6.07, 6.45) is 7.81. The zero-order chi connectivity index (χ0) is 16.3. The second-order valence-electron chi connectivity index (χ2n) is 7.46. The van der Waals surface area contributed by atoms with Crippen molar-refractivity contribution in [2.45, 2.75) is 58.3 Å². The number of rotatable bonds is 4. The van der Waals surface area contributed by atoms with Crippen LogP contribution in [0.5, 0.6) is 0 Å². The summed E-state index contributed by atoms with van der Waals surface area (Å²) in [4.78, 5) is 0. The Labute approximate surface area is 140 Å². The minimum Gasteiger partial charge on any atom is -0.399 e. The van der Waals surface area contributed by atoms with Crippen LogP contribution in [-0.2, 0) is 6.42 Å². The molecule has 3 rings (SSSR count). The van der Waals surface area contributed by atoms with Gasteiger partial charge in [-0.2, -0.15) is 0 Å². The summed E-state index contributed by atoms with van der Waals surface area (Å²) < 4.78 is 0. The Kier molecular flexibility index (Phi) is 4.75. The first kappa shape index (κ1) is 16.1. The first-order valence-electron chi connectivity index (χ1n) is 9.01. The van der Waals surface area contributed by atoms with Crippen LogP contribution < -0.4 is 5.73 Å². The van der Waals surface area contributed by atoms with E-state index in [9.17, 15) is 0 Å². The van der Waals surface area contributed by atoms with E-state index >= 15 is 0 Å². The highest BCUT2D eigenvalue weighted by molar-refractivity contribution is 5.39. The van der Waals surface area contributed by atoms with E-state index in [1.807, 2.05) is 12.1 Å². The molecule has 1 aliphatic carbocycles. The lowest BCUT2D eigenvalue weighted by Gasteiger charge is -2.40.